The van der Waals surface area contributed by atoms with Crippen LogP contribution in [0.15, 0.2) is 33.7 Å². The maximum absolute atomic E-state index is 5.92. The predicted molar refractivity (Wildman–Crippen MR) is 110 cm³/mol. The molecule has 126 valence electrons. The van der Waals surface area contributed by atoms with E-state index in [1.54, 1.807) is 0 Å². The molecule has 4 nitrogen and oxygen atoms in total. The molecule has 0 bridgehead atoms. The molecule has 1 aromatic carbocycles. The van der Waals surface area contributed by atoms with Gasteiger partial charge in [-0.05, 0) is 31.6 Å². The highest BCUT2D eigenvalue weighted by atomic mass is 127. The molecule has 1 aromatic heterocycles. The fraction of sp³-hybridized carbons (Fsp3) is 0.471. The monoisotopic (exact) mass is 445 g/mol. The molecule has 1 aliphatic rings. The highest BCUT2D eigenvalue weighted by Crippen LogP contribution is 2.25. The van der Waals surface area contributed by atoms with Crippen molar-refractivity contribution in [3.8, 4) is 0 Å². The number of aliphatic imine (C=N–C) groups is 1. The zero-order valence-corrected chi connectivity index (χ0v) is 16.7. The zero-order chi connectivity index (χ0) is 15.4. The fourth-order valence-corrected chi connectivity index (χ4v) is 4.00. The molecule has 0 spiro atoms. The van der Waals surface area contributed by atoms with Crippen LogP contribution in [0.3, 0.4) is 0 Å². The Morgan fingerprint density at radius 3 is 2.87 bits per heavy atom. The molecule has 1 aliphatic heterocycles. The number of nitrogens with one attached hydrogen (secondary N) is 2. The van der Waals surface area contributed by atoms with E-state index in [2.05, 4.69) is 40.4 Å². The average Bonchev–Trinajstić information content (AvgIpc) is 3.17. The first kappa shape index (κ1) is 18.4. The Hall–Kier alpha value is -0.890. The van der Waals surface area contributed by atoms with Crippen LogP contribution < -0.4 is 10.6 Å². The number of guanidine groups is 1. The molecule has 1 unspecified atom stereocenters. The Bertz CT molecular complexity index is 665. The van der Waals surface area contributed by atoms with Crippen LogP contribution in [0.1, 0.15) is 24.2 Å². The van der Waals surface area contributed by atoms with Gasteiger partial charge in [-0.3, -0.25) is 4.99 Å². The Kier molecular flexibility index (Phi) is 7.08. The second-order valence-electron chi connectivity index (χ2n) is 5.59. The van der Waals surface area contributed by atoms with Crippen LogP contribution in [0.5, 0.6) is 0 Å². The van der Waals surface area contributed by atoms with Crippen molar-refractivity contribution >= 4 is 52.7 Å². The summed E-state index contributed by atoms with van der Waals surface area (Å²) in [6.45, 7) is 3.73. The average molecular weight is 445 g/mol. The maximum Gasteiger partial charge on any atom is 0.191 e. The number of fused-ring (bicyclic) bond motifs is 1. The lowest BCUT2D eigenvalue weighted by atomic mass is 10.1. The first-order chi connectivity index (χ1) is 10.8. The van der Waals surface area contributed by atoms with Crippen molar-refractivity contribution in [3.63, 3.8) is 0 Å². The Morgan fingerprint density at radius 1 is 1.35 bits per heavy atom. The van der Waals surface area contributed by atoms with Crippen LogP contribution >= 0.6 is 35.7 Å². The predicted octanol–water partition coefficient (Wildman–Crippen LogP) is 3.92. The van der Waals surface area contributed by atoms with Gasteiger partial charge in [0.05, 0.1) is 6.54 Å². The Morgan fingerprint density at radius 2 is 2.17 bits per heavy atom. The van der Waals surface area contributed by atoms with Crippen molar-refractivity contribution in [2.24, 2.45) is 4.99 Å². The fourth-order valence-electron chi connectivity index (χ4n) is 2.79. The van der Waals surface area contributed by atoms with Gasteiger partial charge in [0, 0.05) is 29.8 Å². The van der Waals surface area contributed by atoms with Crippen LogP contribution in [-0.2, 0) is 6.54 Å². The van der Waals surface area contributed by atoms with Crippen molar-refractivity contribution in [2.45, 2.75) is 31.6 Å². The first-order valence-electron chi connectivity index (χ1n) is 7.81. The van der Waals surface area contributed by atoms with Crippen molar-refractivity contribution in [2.75, 3.05) is 19.3 Å². The van der Waals surface area contributed by atoms with Gasteiger partial charge in [0.1, 0.15) is 11.3 Å². The molecule has 0 saturated carbocycles. The van der Waals surface area contributed by atoms with Gasteiger partial charge in [-0.2, -0.15) is 11.8 Å². The Balaban J connectivity index is 0.00000192. The number of thioether (sulfide) groups is 1. The summed E-state index contributed by atoms with van der Waals surface area (Å²) in [5, 5.41) is 8.66. The van der Waals surface area contributed by atoms with Crippen LogP contribution in [0.2, 0.25) is 0 Å². The van der Waals surface area contributed by atoms with Crippen molar-refractivity contribution in [1.29, 1.82) is 0 Å². The van der Waals surface area contributed by atoms with Gasteiger partial charge in [0.2, 0.25) is 0 Å². The highest BCUT2D eigenvalue weighted by Gasteiger charge is 2.16. The molecule has 0 amide bonds. The number of hydrogen-bond acceptors (Lipinski definition) is 3. The minimum atomic E-state index is 0. The van der Waals surface area contributed by atoms with E-state index in [0.717, 1.165) is 23.8 Å². The third kappa shape index (κ3) is 4.56. The molecule has 3 rings (SSSR count). The number of furan rings is 1. The first-order valence-corrected chi connectivity index (χ1v) is 8.86. The summed E-state index contributed by atoms with van der Waals surface area (Å²) < 4.78 is 5.92. The van der Waals surface area contributed by atoms with E-state index in [1.807, 2.05) is 25.2 Å². The minimum Gasteiger partial charge on any atom is -0.459 e. The van der Waals surface area contributed by atoms with E-state index in [4.69, 9.17) is 4.42 Å². The van der Waals surface area contributed by atoms with E-state index in [-0.39, 0.29) is 24.0 Å². The van der Waals surface area contributed by atoms with Gasteiger partial charge >= 0.3 is 0 Å². The molecule has 6 heteroatoms. The van der Waals surface area contributed by atoms with E-state index in [9.17, 15) is 0 Å². The molecule has 23 heavy (non-hydrogen) atoms. The summed E-state index contributed by atoms with van der Waals surface area (Å²) in [5.41, 5.74) is 2.15. The summed E-state index contributed by atoms with van der Waals surface area (Å²) in [4.78, 5) is 4.29. The summed E-state index contributed by atoms with van der Waals surface area (Å²) in [6, 6.07) is 8.16. The summed E-state index contributed by atoms with van der Waals surface area (Å²) >= 11 is 2.05. The van der Waals surface area contributed by atoms with Crippen LogP contribution in [0, 0.1) is 6.92 Å². The second-order valence-corrected chi connectivity index (χ2v) is 7.00. The van der Waals surface area contributed by atoms with Crippen molar-refractivity contribution < 1.29 is 4.42 Å². The molecule has 1 atom stereocenters. The van der Waals surface area contributed by atoms with Gasteiger partial charge < -0.3 is 15.1 Å². The lowest BCUT2D eigenvalue weighted by Crippen LogP contribution is -2.39. The third-order valence-electron chi connectivity index (χ3n) is 4.10. The topological polar surface area (TPSA) is 49.6 Å². The SMILES string of the molecule is CN=C(NCc1oc2ccccc2c1C)NCC1CCCS1.I. The summed E-state index contributed by atoms with van der Waals surface area (Å²) in [5.74, 6) is 3.10. The van der Waals surface area contributed by atoms with Gasteiger partial charge in [0.25, 0.3) is 0 Å². The molecule has 0 aliphatic carbocycles. The van der Waals surface area contributed by atoms with E-state index < -0.39 is 0 Å². The molecular formula is C17H24IN3OS. The Labute approximate surface area is 158 Å². The lowest BCUT2D eigenvalue weighted by molar-refractivity contribution is 0.534. The van der Waals surface area contributed by atoms with E-state index >= 15 is 0 Å². The van der Waals surface area contributed by atoms with E-state index in [1.165, 1.54) is 29.5 Å². The number of hydrogen-bond donors (Lipinski definition) is 2. The van der Waals surface area contributed by atoms with Crippen molar-refractivity contribution in [1.82, 2.24) is 10.6 Å². The van der Waals surface area contributed by atoms with Gasteiger partial charge in [0.15, 0.2) is 5.96 Å². The summed E-state index contributed by atoms with van der Waals surface area (Å²) in [6.07, 6.45) is 2.64. The number of benzene rings is 1. The number of aryl methyl sites for hydroxylation is 1. The van der Waals surface area contributed by atoms with Crippen LogP contribution in [0.4, 0.5) is 0 Å². The molecular weight excluding hydrogens is 421 g/mol. The number of halogens is 1. The number of para-hydroxylation sites is 1. The molecule has 2 heterocycles. The second kappa shape index (κ2) is 8.82. The molecule has 1 saturated heterocycles. The largest absolute Gasteiger partial charge is 0.459 e. The van der Waals surface area contributed by atoms with Gasteiger partial charge in [-0.25, -0.2) is 0 Å². The minimum absolute atomic E-state index is 0. The molecule has 2 aromatic rings. The zero-order valence-electron chi connectivity index (χ0n) is 13.6. The normalized spacial score (nSPS) is 18.0. The number of nitrogens with zero attached hydrogens (tertiary/aromatic N) is 1. The van der Waals surface area contributed by atoms with Crippen molar-refractivity contribution in [3.05, 3.63) is 35.6 Å². The smallest absolute Gasteiger partial charge is 0.191 e. The van der Waals surface area contributed by atoms with Crippen LogP contribution in [-0.4, -0.2) is 30.6 Å². The molecule has 0 radical (unpaired) electrons. The van der Waals surface area contributed by atoms with Crippen LogP contribution in [0.25, 0.3) is 11.0 Å². The quantitative estimate of drug-likeness (QED) is 0.426. The third-order valence-corrected chi connectivity index (χ3v) is 5.50. The highest BCUT2D eigenvalue weighted by molar-refractivity contribution is 14.0. The standard InChI is InChI=1S/C17H23N3OS.HI/c1-12-14-7-3-4-8-15(14)21-16(12)11-20-17(18-2)19-10-13-6-5-9-22-13;/h3-4,7-8,13H,5-6,9-11H2,1-2H3,(H2,18,19,20);1H. The van der Waals surface area contributed by atoms with Gasteiger partial charge in [-0.15, -0.1) is 24.0 Å². The molecule has 1 fully saturated rings. The van der Waals surface area contributed by atoms with Gasteiger partial charge in [-0.1, -0.05) is 18.2 Å². The van der Waals surface area contributed by atoms with E-state index in [0.29, 0.717) is 11.8 Å². The molecule has 2 N–H and O–H groups in total. The summed E-state index contributed by atoms with van der Waals surface area (Å²) in [7, 11) is 1.81. The number of rotatable bonds is 4. The lowest BCUT2D eigenvalue weighted by Gasteiger charge is -2.14. The maximum atomic E-state index is 5.92.